The zero-order valence-corrected chi connectivity index (χ0v) is 32.1. The van der Waals surface area contributed by atoms with Crippen molar-refractivity contribution in [3.05, 3.63) is 112 Å². The number of aryl methyl sites for hydroxylation is 1. The molecule has 4 aromatic rings. The van der Waals surface area contributed by atoms with Gasteiger partial charge in [-0.25, -0.2) is 4.31 Å². The monoisotopic (exact) mass is 730 g/mol. The van der Waals surface area contributed by atoms with Crippen LogP contribution in [0.5, 0.6) is 17.2 Å². The Hall–Kier alpha value is -3.85. The third-order valence-electron chi connectivity index (χ3n) is 9.36. The molecule has 1 saturated carbocycles. The number of hydrogen-bond donors (Lipinski definition) is 0. The number of methoxy groups -OCH3 is 2. The molecule has 0 radical (unpaired) electrons. The first-order chi connectivity index (χ1) is 24.7. The molecule has 0 saturated heterocycles. The average molecular weight is 731 g/mol. The SMILES string of the molecule is CC(=O)OCC1CCC1.CCCc1cc(Cl)ccc1C1COc2ccc(SN(Cc3ccc(OC)cc3)Cc3ccc(OC)cc3)cc2N(C)C1. The number of ether oxygens (including phenoxy) is 4. The quantitative estimate of drug-likeness (QED) is 0.0996. The number of anilines is 1. The molecule has 0 aromatic heterocycles. The van der Waals surface area contributed by atoms with Gasteiger partial charge in [0.15, 0.2) is 0 Å². The first kappa shape index (κ1) is 38.4. The summed E-state index contributed by atoms with van der Waals surface area (Å²) in [4.78, 5) is 13.8. The molecule has 1 atom stereocenters. The van der Waals surface area contributed by atoms with Crippen LogP contribution in [0.15, 0.2) is 89.8 Å². The lowest BCUT2D eigenvalue weighted by Gasteiger charge is -2.25. The van der Waals surface area contributed by atoms with Crippen molar-refractivity contribution in [3.8, 4) is 17.2 Å². The van der Waals surface area contributed by atoms with Crippen LogP contribution in [-0.2, 0) is 29.0 Å². The van der Waals surface area contributed by atoms with E-state index in [1.807, 2.05) is 30.3 Å². The van der Waals surface area contributed by atoms with E-state index in [-0.39, 0.29) is 11.9 Å². The number of rotatable bonds is 13. The van der Waals surface area contributed by atoms with Gasteiger partial charge in [-0.1, -0.05) is 61.7 Å². The molecule has 4 aromatic carbocycles. The van der Waals surface area contributed by atoms with Gasteiger partial charge in [-0.15, -0.1) is 0 Å². The average Bonchev–Trinajstić information content (AvgIpc) is 3.27. The molecule has 1 unspecified atom stereocenters. The Morgan fingerprint density at radius 3 is 2.12 bits per heavy atom. The second-order valence-corrected chi connectivity index (χ2v) is 14.9. The lowest BCUT2D eigenvalue weighted by atomic mass is 9.86. The minimum Gasteiger partial charge on any atom is -0.497 e. The van der Waals surface area contributed by atoms with Gasteiger partial charge in [0.2, 0.25) is 0 Å². The van der Waals surface area contributed by atoms with E-state index in [0.717, 1.165) is 60.4 Å². The number of hydrogen-bond acceptors (Lipinski definition) is 8. The lowest BCUT2D eigenvalue weighted by Crippen LogP contribution is -2.25. The lowest BCUT2D eigenvalue weighted by molar-refractivity contribution is -0.143. The number of carbonyl (C=O) groups excluding carboxylic acids is 1. The van der Waals surface area contributed by atoms with E-state index < -0.39 is 0 Å². The number of likely N-dealkylation sites (N-methyl/N-ethyl adjacent to an activating group) is 1. The van der Waals surface area contributed by atoms with E-state index in [0.29, 0.717) is 19.1 Å². The Labute approximate surface area is 313 Å². The zero-order chi connectivity index (χ0) is 36.2. The van der Waals surface area contributed by atoms with Crippen molar-refractivity contribution in [2.24, 2.45) is 5.92 Å². The van der Waals surface area contributed by atoms with Gasteiger partial charge in [0.05, 0.1) is 33.1 Å². The van der Waals surface area contributed by atoms with Gasteiger partial charge in [0, 0.05) is 49.4 Å². The molecule has 7 nitrogen and oxygen atoms in total. The summed E-state index contributed by atoms with van der Waals surface area (Å²) in [7, 11) is 5.56. The van der Waals surface area contributed by atoms with Crippen molar-refractivity contribution in [2.75, 3.05) is 45.9 Å². The Balaban J connectivity index is 0.000000488. The maximum Gasteiger partial charge on any atom is 0.302 e. The van der Waals surface area contributed by atoms with Crippen molar-refractivity contribution >= 4 is 35.2 Å². The van der Waals surface area contributed by atoms with Gasteiger partial charge in [0.1, 0.15) is 17.2 Å². The van der Waals surface area contributed by atoms with Gasteiger partial charge in [-0.05, 0) is 114 Å². The molecule has 6 rings (SSSR count). The Morgan fingerprint density at radius 1 is 0.922 bits per heavy atom. The minimum absolute atomic E-state index is 0.151. The smallest absolute Gasteiger partial charge is 0.302 e. The van der Waals surface area contributed by atoms with Crippen LogP contribution >= 0.6 is 23.5 Å². The Bertz CT molecular complexity index is 1650. The first-order valence-electron chi connectivity index (χ1n) is 17.8. The second kappa shape index (κ2) is 19.1. The molecule has 0 amide bonds. The first-order valence-corrected chi connectivity index (χ1v) is 19.0. The van der Waals surface area contributed by atoms with E-state index in [2.05, 4.69) is 77.8 Å². The number of nitrogens with zero attached hydrogens (tertiary/aromatic N) is 2. The summed E-state index contributed by atoms with van der Waals surface area (Å²) < 4.78 is 24.3. The molecule has 9 heteroatoms. The van der Waals surface area contributed by atoms with Crippen molar-refractivity contribution < 1.29 is 23.7 Å². The summed E-state index contributed by atoms with van der Waals surface area (Å²) in [6, 6.07) is 29.4. The molecule has 0 bridgehead atoms. The predicted octanol–water partition coefficient (Wildman–Crippen LogP) is 9.98. The number of halogens is 1. The third-order valence-corrected chi connectivity index (χ3v) is 10.6. The number of esters is 1. The van der Waals surface area contributed by atoms with E-state index in [1.54, 1.807) is 26.2 Å². The number of carbonyl (C=O) groups is 1. The molecule has 1 fully saturated rings. The highest BCUT2D eigenvalue weighted by atomic mass is 35.5. The van der Waals surface area contributed by atoms with Crippen molar-refractivity contribution in [1.29, 1.82) is 0 Å². The van der Waals surface area contributed by atoms with Gasteiger partial charge in [-0.3, -0.25) is 4.79 Å². The molecule has 1 aliphatic carbocycles. The van der Waals surface area contributed by atoms with Crippen LogP contribution in [0.2, 0.25) is 5.02 Å². The fourth-order valence-electron chi connectivity index (χ4n) is 6.33. The molecule has 0 N–H and O–H groups in total. The second-order valence-electron chi connectivity index (χ2n) is 13.3. The van der Waals surface area contributed by atoms with Gasteiger partial charge < -0.3 is 23.8 Å². The molecule has 1 aliphatic heterocycles. The topological polar surface area (TPSA) is 60.5 Å². The van der Waals surface area contributed by atoms with Crippen molar-refractivity contribution in [1.82, 2.24) is 4.31 Å². The predicted molar refractivity (Wildman–Crippen MR) is 208 cm³/mol. The van der Waals surface area contributed by atoms with Crippen LogP contribution in [0.3, 0.4) is 0 Å². The standard InChI is InChI=1S/C35H39ClN2O3S.C7H12O2/c1-5-6-27-19-29(36)11-17-33(27)28-23-37(2)34-20-32(16-18-35(34)41-24-28)42-38(21-25-7-12-30(39-3)13-8-25)22-26-9-14-31(40-4)15-10-26;1-6(8)9-5-7-3-2-4-7/h7-20,28H,5-6,21-24H2,1-4H3;7H,2-5H2,1H3. The molecule has 0 spiro atoms. The van der Waals surface area contributed by atoms with Crippen molar-refractivity contribution in [2.45, 2.75) is 69.9 Å². The Morgan fingerprint density at radius 2 is 1.57 bits per heavy atom. The molecule has 51 heavy (non-hydrogen) atoms. The van der Waals surface area contributed by atoms with E-state index in [4.69, 9.17) is 30.5 Å². The number of fused-ring (bicyclic) bond motifs is 1. The fourth-order valence-corrected chi connectivity index (χ4v) is 7.54. The van der Waals surface area contributed by atoms with Crippen LogP contribution in [0.25, 0.3) is 0 Å². The van der Waals surface area contributed by atoms with E-state index >= 15 is 0 Å². The van der Waals surface area contributed by atoms with E-state index in [9.17, 15) is 4.79 Å². The summed E-state index contributed by atoms with van der Waals surface area (Å²) >= 11 is 8.12. The molecule has 272 valence electrons. The maximum absolute atomic E-state index is 10.3. The summed E-state index contributed by atoms with van der Waals surface area (Å²) in [5.41, 5.74) is 6.21. The summed E-state index contributed by atoms with van der Waals surface area (Å²) in [6.07, 6.45) is 5.90. The van der Waals surface area contributed by atoms with Crippen LogP contribution in [0.1, 0.15) is 67.7 Å². The molecular formula is C42H51ClN2O5S. The summed E-state index contributed by atoms with van der Waals surface area (Å²) in [6.45, 7) is 7.39. The highest BCUT2D eigenvalue weighted by Gasteiger charge is 2.25. The van der Waals surface area contributed by atoms with Gasteiger partial charge >= 0.3 is 5.97 Å². The largest absolute Gasteiger partial charge is 0.497 e. The van der Waals surface area contributed by atoms with Crippen molar-refractivity contribution in [3.63, 3.8) is 0 Å². The Kier molecular flexibility index (Phi) is 14.4. The maximum atomic E-state index is 10.3. The highest BCUT2D eigenvalue weighted by Crippen LogP contribution is 2.39. The summed E-state index contributed by atoms with van der Waals surface area (Å²) in [5.74, 6) is 3.43. The molecule has 2 aliphatic rings. The normalized spacial score (nSPS) is 15.4. The highest BCUT2D eigenvalue weighted by molar-refractivity contribution is 7.97. The molecule has 1 heterocycles. The molecular weight excluding hydrogens is 680 g/mol. The van der Waals surface area contributed by atoms with Crippen LogP contribution in [-0.4, -0.2) is 51.3 Å². The van der Waals surface area contributed by atoms with Gasteiger partial charge in [0.25, 0.3) is 0 Å². The minimum atomic E-state index is -0.151. The van der Waals surface area contributed by atoms with Crippen LogP contribution in [0, 0.1) is 5.92 Å². The third kappa shape index (κ3) is 11.3. The summed E-state index contributed by atoms with van der Waals surface area (Å²) in [5, 5.41) is 0.795. The van der Waals surface area contributed by atoms with Gasteiger partial charge in [-0.2, -0.15) is 0 Å². The fraction of sp³-hybridized carbons (Fsp3) is 0.405. The van der Waals surface area contributed by atoms with Crippen LogP contribution < -0.4 is 19.1 Å². The van der Waals surface area contributed by atoms with Crippen LogP contribution in [0.4, 0.5) is 5.69 Å². The number of benzene rings is 4. The van der Waals surface area contributed by atoms with E-state index in [1.165, 1.54) is 53.3 Å². The zero-order valence-electron chi connectivity index (χ0n) is 30.5.